The summed E-state index contributed by atoms with van der Waals surface area (Å²) in [5.74, 6) is 0.478. The summed E-state index contributed by atoms with van der Waals surface area (Å²) in [4.78, 5) is 12.8. The van der Waals surface area contributed by atoms with Gasteiger partial charge in [0, 0.05) is 24.7 Å². The lowest BCUT2D eigenvalue weighted by Gasteiger charge is -2.31. The van der Waals surface area contributed by atoms with Crippen LogP contribution in [-0.2, 0) is 14.8 Å². The molecule has 1 aliphatic carbocycles. The zero-order valence-corrected chi connectivity index (χ0v) is 16.4. The van der Waals surface area contributed by atoms with Crippen LogP contribution in [0.2, 0.25) is 0 Å². The number of carbonyl (C=O) groups excluding carboxylic acids is 1. The molecule has 0 bridgehead atoms. The molecule has 1 heterocycles. The van der Waals surface area contributed by atoms with Crippen LogP contribution in [-0.4, -0.2) is 37.8 Å². The Hall–Kier alpha value is -1.66. The van der Waals surface area contributed by atoms with E-state index in [1.54, 1.807) is 30.3 Å². The smallest absolute Gasteiger partial charge is 0.247 e. The molecule has 3 rings (SSSR count). The van der Waals surface area contributed by atoms with Crippen LogP contribution in [0.25, 0.3) is 0 Å². The largest absolute Gasteiger partial charge is 0.349 e. The number of rotatable bonds is 4. The zero-order valence-electron chi connectivity index (χ0n) is 15.6. The van der Waals surface area contributed by atoms with E-state index >= 15 is 0 Å². The van der Waals surface area contributed by atoms with Gasteiger partial charge in [-0.1, -0.05) is 43.5 Å². The van der Waals surface area contributed by atoms with Gasteiger partial charge in [-0.15, -0.1) is 0 Å². The van der Waals surface area contributed by atoms with Crippen molar-refractivity contribution >= 4 is 15.9 Å². The minimum absolute atomic E-state index is 0.0314. The SMILES string of the molecule is Cc1ccc(S(=O)(=O)N2CC=C(C(=O)NC3CCCCC3C)CC2)cc1. The van der Waals surface area contributed by atoms with E-state index in [0.717, 1.165) is 24.8 Å². The second kappa shape index (κ2) is 7.92. The van der Waals surface area contributed by atoms with E-state index < -0.39 is 10.0 Å². The predicted molar refractivity (Wildman–Crippen MR) is 102 cm³/mol. The van der Waals surface area contributed by atoms with E-state index in [4.69, 9.17) is 0 Å². The maximum absolute atomic E-state index is 12.7. The first-order valence-corrected chi connectivity index (χ1v) is 10.9. The summed E-state index contributed by atoms with van der Waals surface area (Å²) in [7, 11) is -3.51. The van der Waals surface area contributed by atoms with Gasteiger partial charge < -0.3 is 5.32 Å². The quantitative estimate of drug-likeness (QED) is 0.878. The number of nitrogens with one attached hydrogen (secondary N) is 1. The van der Waals surface area contributed by atoms with Gasteiger partial charge in [-0.25, -0.2) is 8.42 Å². The summed E-state index contributed by atoms with van der Waals surface area (Å²) in [5.41, 5.74) is 1.73. The third-order valence-corrected chi connectivity index (χ3v) is 7.43. The number of nitrogens with zero attached hydrogens (tertiary/aromatic N) is 1. The van der Waals surface area contributed by atoms with Crippen LogP contribution >= 0.6 is 0 Å². The van der Waals surface area contributed by atoms with Crippen molar-refractivity contribution < 1.29 is 13.2 Å². The summed E-state index contributed by atoms with van der Waals surface area (Å²) < 4.78 is 26.9. The Balaban J connectivity index is 1.64. The minimum Gasteiger partial charge on any atom is -0.349 e. The molecule has 2 unspecified atom stereocenters. The van der Waals surface area contributed by atoms with Crippen LogP contribution in [0.15, 0.2) is 40.8 Å². The van der Waals surface area contributed by atoms with Crippen LogP contribution in [0.4, 0.5) is 0 Å². The minimum atomic E-state index is -3.51. The molecule has 142 valence electrons. The molecule has 2 atom stereocenters. The molecule has 5 nitrogen and oxygen atoms in total. The Labute approximate surface area is 156 Å². The fourth-order valence-electron chi connectivity index (χ4n) is 3.73. The molecule has 1 saturated carbocycles. The third kappa shape index (κ3) is 4.18. The number of sulfonamides is 1. The molecule has 1 fully saturated rings. The fraction of sp³-hybridized carbons (Fsp3) is 0.550. The molecule has 1 aliphatic heterocycles. The van der Waals surface area contributed by atoms with Crippen LogP contribution in [0.1, 0.15) is 44.6 Å². The van der Waals surface area contributed by atoms with Crippen molar-refractivity contribution in [2.75, 3.05) is 13.1 Å². The van der Waals surface area contributed by atoms with E-state index in [-0.39, 0.29) is 18.5 Å². The second-order valence-electron chi connectivity index (χ2n) is 7.50. The summed E-state index contributed by atoms with van der Waals surface area (Å²) in [5, 5.41) is 3.15. The van der Waals surface area contributed by atoms with Gasteiger partial charge in [-0.05, 0) is 44.2 Å². The predicted octanol–water partition coefficient (Wildman–Crippen LogP) is 3.01. The van der Waals surface area contributed by atoms with Gasteiger partial charge in [-0.3, -0.25) is 4.79 Å². The van der Waals surface area contributed by atoms with E-state index in [2.05, 4.69) is 12.2 Å². The first-order valence-electron chi connectivity index (χ1n) is 9.44. The lowest BCUT2D eigenvalue weighted by Crippen LogP contribution is -2.43. The Kier molecular flexibility index (Phi) is 5.82. The van der Waals surface area contributed by atoms with Gasteiger partial charge >= 0.3 is 0 Å². The highest BCUT2D eigenvalue weighted by Crippen LogP contribution is 2.25. The summed E-state index contributed by atoms with van der Waals surface area (Å²) >= 11 is 0. The first-order chi connectivity index (χ1) is 12.4. The summed E-state index contributed by atoms with van der Waals surface area (Å²) in [6.45, 7) is 4.71. The molecule has 0 radical (unpaired) electrons. The Morgan fingerprint density at radius 2 is 1.85 bits per heavy atom. The highest BCUT2D eigenvalue weighted by Gasteiger charge is 2.29. The monoisotopic (exact) mass is 376 g/mol. The van der Waals surface area contributed by atoms with Gasteiger partial charge in [0.2, 0.25) is 15.9 Å². The molecule has 0 aromatic heterocycles. The molecule has 0 saturated heterocycles. The van der Waals surface area contributed by atoms with Crippen molar-refractivity contribution in [3.05, 3.63) is 41.5 Å². The van der Waals surface area contributed by atoms with Gasteiger partial charge in [0.05, 0.1) is 4.90 Å². The van der Waals surface area contributed by atoms with E-state index in [1.165, 1.54) is 10.7 Å². The Bertz CT molecular complexity index is 784. The lowest BCUT2D eigenvalue weighted by molar-refractivity contribution is -0.119. The third-order valence-electron chi connectivity index (χ3n) is 5.55. The lowest BCUT2D eigenvalue weighted by atomic mass is 9.85. The molecule has 1 aromatic rings. The number of aryl methyl sites for hydroxylation is 1. The highest BCUT2D eigenvalue weighted by molar-refractivity contribution is 7.89. The van der Waals surface area contributed by atoms with Gasteiger partial charge in [0.25, 0.3) is 0 Å². The van der Waals surface area contributed by atoms with E-state index in [9.17, 15) is 13.2 Å². The maximum Gasteiger partial charge on any atom is 0.247 e. The number of hydrogen-bond donors (Lipinski definition) is 1. The van der Waals surface area contributed by atoms with Crippen molar-refractivity contribution in [1.82, 2.24) is 9.62 Å². The van der Waals surface area contributed by atoms with E-state index in [1.807, 2.05) is 6.92 Å². The number of carbonyl (C=O) groups is 1. The second-order valence-corrected chi connectivity index (χ2v) is 9.44. The molecule has 0 spiro atoms. The molecule has 1 aromatic carbocycles. The van der Waals surface area contributed by atoms with Crippen molar-refractivity contribution in [2.45, 2.75) is 56.9 Å². The van der Waals surface area contributed by atoms with Crippen molar-refractivity contribution in [3.8, 4) is 0 Å². The summed E-state index contributed by atoms with van der Waals surface area (Å²) in [6, 6.07) is 7.13. The van der Waals surface area contributed by atoms with Gasteiger partial charge in [0.15, 0.2) is 0 Å². The Morgan fingerprint density at radius 1 is 1.15 bits per heavy atom. The topological polar surface area (TPSA) is 66.5 Å². The first kappa shape index (κ1) is 19.1. The van der Waals surface area contributed by atoms with Gasteiger partial charge in [0.1, 0.15) is 0 Å². The number of hydrogen-bond acceptors (Lipinski definition) is 3. The molecule has 26 heavy (non-hydrogen) atoms. The van der Waals surface area contributed by atoms with Crippen LogP contribution in [0.5, 0.6) is 0 Å². The van der Waals surface area contributed by atoms with Gasteiger partial charge in [-0.2, -0.15) is 4.31 Å². The Morgan fingerprint density at radius 3 is 2.46 bits per heavy atom. The van der Waals surface area contributed by atoms with E-state index in [0.29, 0.717) is 29.4 Å². The van der Waals surface area contributed by atoms with Crippen molar-refractivity contribution in [3.63, 3.8) is 0 Å². The maximum atomic E-state index is 12.7. The molecule has 1 N–H and O–H groups in total. The molecular formula is C20H28N2O3S. The van der Waals surface area contributed by atoms with Crippen molar-refractivity contribution in [1.29, 1.82) is 0 Å². The standard InChI is InChI=1S/C20H28N2O3S/c1-15-7-9-18(10-8-15)26(24,25)22-13-11-17(12-14-22)20(23)21-19-6-4-3-5-16(19)2/h7-11,16,19H,3-6,12-14H2,1-2H3,(H,21,23). The number of amides is 1. The number of benzene rings is 1. The average Bonchev–Trinajstić information content (AvgIpc) is 2.64. The van der Waals surface area contributed by atoms with Crippen LogP contribution in [0.3, 0.4) is 0 Å². The van der Waals surface area contributed by atoms with Crippen LogP contribution in [0, 0.1) is 12.8 Å². The average molecular weight is 377 g/mol. The molecule has 6 heteroatoms. The fourth-order valence-corrected chi connectivity index (χ4v) is 5.11. The highest BCUT2D eigenvalue weighted by atomic mass is 32.2. The van der Waals surface area contributed by atoms with Crippen molar-refractivity contribution in [2.24, 2.45) is 5.92 Å². The molecule has 1 amide bonds. The van der Waals surface area contributed by atoms with Crippen LogP contribution < -0.4 is 5.32 Å². The summed E-state index contributed by atoms with van der Waals surface area (Å²) in [6.07, 6.45) is 6.82. The molecular weight excluding hydrogens is 348 g/mol. The normalized spacial score (nSPS) is 24.8. The zero-order chi connectivity index (χ0) is 18.7. The molecule has 2 aliphatic rings.